The largest absolute Gasteiger partial charge is 0.292 e. The second-order valence-electron chi connectivity index (χ2n) is 3.72. The van der Waals surface area contributed by atoms with Crippen LogP contribution in [-0.4, -0.2) is 9.38 Å². The van der Waals surface area contributed by atoms with Crippen molar-refractivity contribution in [3.63, 3.8) is 0 Å². The molecular weight excluding hydrogens is 208 g/mol. The van der Waals surface area contributed by atoms with Gasteiger partial charge in [-0.05, 0) is 29.3 Å². The molecule has 2 aromatic heterocycles. The third-order valence-corrected chi connectivity index (χ3v) is 2.71. The van der Waals surface area contributed by atoms with E-state index < -0.39 is 0 Å². The van der Waals surface area contributed by atoms with E-state index in [-0.39, 0.29) is 0 Å². The Balaban J connectivity index is 2.23. The number of imidazole rings is 1. The minimum Gasteiger partial charge on any atom is -0.292 e. The highest BCUT2D eigenvalue weighted by molar-refractivity contribution is 5.65. The third-order valence-electron chi connectivity index (χ3n) is 2.71. The molecule has 0 amide bonds. The summed E-state index contributed by atoms with van der Waals surface area (Å²) in [5.41, 5.74) is 3.89. The Hall–Kier alpha value is -2.53. The molecule has 17 heavy (non-hydrogen) atoms. The van der Waals surface area contributed by atoms with E-state index in [1.807, 2.05) is 47.0 Å². The molecule has 0 spiro atoms. The van der Waals surface area contributed by atoms with Gasteiger partial charge in [0.05, 0.1) is 6.20 Å². The van der Waals surface area contributed by atoms with Gasteiger partial charge in [-0.3, -0.25) is 4.40 Å². The predicted octanol–water partition coefficient (Wildman–Crippen LogP) is 2.78. The molecule has 0 unspecified atom stereocenters. The summed E-state index contributed by atoms with van der Waals surface area (Å²) in [6, 6.07) is 14.9. The van der Waals surface area contributed by atoms with Crippen molar-refractivity contribution in [1.82, 2.24) is 9.38 Å². The van der Waals surface area contributed by atoms with E-state index in [1.165, 1.54) is 0 Å². The summed E-state index contributed by atoms with van der Waals surface area (Å²) in [7, 11) is 0. The number of terminal acetylenes is 1. The molecule has 3 rings (SSSR count). The summed E-state index contributed by atoms with van der Waals surface area (Å²) in [4.78, 5) is 4.24. The Morgan fingerprint density at radius 1 is 1.12 bits per heavy atom. The topological polar surface area (TPSA) is 17.3 Å². The maximum Gasteiger partial charge on any atom is 0.137 e. The molecule has 0 saturated heterocycles. The third kappa shape index (κ3) is 1.58. The van der Waals surface area contributed by atoms with Gasteiger partial charge in [0.25, 0.3) is 0 Å². The average molecular weight is 217 g/mol. The Morgan fingerprint density at radius 3 is 2.71 bits per heavy atom. The van der Waals surface area contributed by atoms with Crippen LogP contribution >= 0.6 is 0 Å². The molecule has 2 nitrogen and oxygen atoms in total. The summed E-state index contributed by atoms with van der Waals surface area (Å²) in [5.74, 6) is 2.62. The number of hydrogen-bond donors (Lipinski definition) is 0. The van der Waals surface area contributed by atoms with Crippen LogP contribution in [0.5, 0.6) is 0 Å². The van der Waals surface area contributed by atoms with Crippen molar-refractivity contribution < 1.29 is 0 Å². The molecule has 2 heteroatoms. The second kappa shape index (κ2) is 3.80. The smallest absolute Gasteiger partial charge is 0.137 e. The van der Waals surface area contributed by atoms with E-state index in [0.717, 1.165) is 22.5 Å². The number of hydrogen-bond acceptors (Lipinski definition) is 1. The lowest BCUT2D eigenvalue weighted by atomic mass is 10.1. The van der Waals surface area contributed by atoms with Crippen LogP contribution in [0.15, 0.2) is 48.8 Å². The number of fused-ring (bicyclic) bond motifs is 1. The quantitative estimate of drug-likeness (QED) is 0.573. The average Bonchev–Trinajstić information content (AvgIpc) is 2.81. The van der Waals surface area contributed by atoms with Crippen LogP contribution in [-0.2, 0) is 0 Å². The molecule has 0 atom stereocenters. The minimum atomic E-state index is 0.768. The van der Waals surface area contributed by atoms with Crippen molar-refractivity contribution in [3.8, 4) is 23.5 Å². The number of rotatable bonds is 1. The number of nitrogens with zero attached hydrogens (tertiary/aromatic N) is 2. The lowest BCUT2D eigenvalue weighted by molar-refractivity contribution is 1.16. The molecule has 1 aromatic carbocycles. The molecule has 79 valence electrons. The van der Waals surface area contributed by atoms with Crippen LogP contribution in [0.25, 0.3) is 16.8 Å². The van der Waals surface area contributed by atoms with Crippen molar-refractivity contribution in [3.05, 3.63) is 60.6 Å². The van der Waals surface area contributed by atoms with Crippen molar-refractivity contribution in [2.75, 3.05) is 0 Å². The summed E-state index contributed by atoms with van der Waals surface area (Å²) < 4.78 is 1.92. The summed E-state index contributed by atoms with van der Waals surface area (Å²) in [6.45, 7) is 0. The van der Waals surface area contributed by atoms with Crippen LogP contribution in [0.4, 0.5) is 0 Å². The van der Waals surface area contributed by atoms with Crippen LogP contribution in [0.2, 0.25) is 0 Å². The van der Waals surface area contributed by atoms with E-state index >= 15 is 0 Å². The molecular formula is C15H9N2. The zero-order valence-corrected chi connectivity index (χ0v) is 9.09. The van der Waals surface area contributed by atoms with Gasteiger partial charge in [-0.15, -0.1) is 6.42 Å². The van der Waals surface area contributed by atoms with Gasteiger partial charge >= 0.3 is 0 Å². The zero-order valence-electron chi connectivity index (χ0n) is 9.09. The first-order valence-corrected chi connectivity index (χ1v) is 5.29. The highest BCUT2D eigenvalue weighted by atomic mass is 15.0. The Bertz CT molecular complexity index is 703. The standard InChI is InChI=1S/C15H9N2/c1-2-14-10-16-15-9-8-13(11-17(14)15)12-6-4-3-5-7-12/h1,4-11H. The van der Waals surface area contributed by atoms with E-state index in [4.69, 9.17) is 6.42 Å². The van der Waals surface area contributed by atoms with Gasteiger partial charge < -0.3 is 0 Å². The fraction of sp³-hybridized carbons (Fsp3) is 0. The van der Waals surface area contributed by atoms with Gasteiger partial charge in [-0.2, -0.15) is 0 Å². The van der Waals surface area contributed by atoms with Crippen LogP contribution in [0, 0.1) is 18.4 Å². The summed E-state index contributed by atoms with van der Waals surface area (Å²) in [5, 5.41) is 0. The number of pyridine rings is 1. The molecule has 0 bridgehead atoms. The fourth-order valence-electron chi connectivity index (χ4n) is 1.84. The van der Waals surface area contributed by atoms with Crippen molar-refractivity contribution in [2.45, 2.75) is 0 Å². The van der Waals surface area contributed by atoms with Crippen molar-refractivity contribution >= 4 is 5.65 Å². The highest BCUT2D eigenvalue weighted by Crippen LogP contribution is 2.19. The molecule has 0 aliphatic carbocycles. The summed E-state index contributed by atoms with van der Waals surface area (Å²) in [6.07, 6.45) is 9.15. The lowest BCUT2D eigenvalue weighted by Gasteiger charge is -2.03. The van der Waals surface area contributed by atoms with Gasteiger partial charge in [0, 0.05) is 6.20 Å². The van der Waals surface area contributed by atoms with Crippen molar-refractivity contribution in [1.29, 1.82) is 0 Å². The first kappa shape index (κ1) is 9.68. The lowest BCUT2D eigenvalue weighted by Crippen LogP contribution is -1.89. The molecule has 0 aliphatic rings. The van der Waals surface area contributed by atoms with Gasteiger partial charge in [-0.25, -0.2) is 4.98 Å². The minimum absolute atomic E-state index is 0.768. The zero-order chi connectivity index (χ0) is 11.7. The van der Waals surface area contributed by atoms with Gasteiger partial charge in [-0.1, -0.05) is 30.2 Å². The van der Waals surface area contributed by atoms with Crippen LogP contribution < -0.4 is 0 Å². The van der Waals surface area contributed by atoms with E-state index in [1.54, 1.807) is 6.20 Å². The molecule has 0 N–H and O–H groups in total. The Morgan fingerprint density at radius 2 is 1.94 bits per heavy atom. The van der Waals surface area contributed by atoms with E-state index in [2.05, 4.69) is 17.0 Å². The molecule has 0 aliphatic heterocycles. The molecule has 3 aromatic rings. The van der Waals surface area contributed by atoms with Gasteiger partial charge in [0.15, 0.2) is 0 Å². The first-order valence-electron chi connectivity index (χ1n) is 5.29. The van der Waals surface area contributed by atoms with Crippen LogP contribution in [0.1, 0.15) is 5.69 Å². The van der Waals surface area contributed by atoms with Crippen molar-refractivity contribution in [2.24, 2.45) is 0 Å². The maximum atomic E-state index is 5.43. The van der Waals surface area contributed by atoms with E-state index in [9.17, 15) is 0 Å². The first-order chi connectivity index (χ1) is 8.38. The number of aromatic nitrogens is 2. The maximum absolute atomic E-state index is 5.43. The SMILES string of the molecule is C#Cc1cnc2ccc(-c3cc[c]cc3)cn12. The van der Waals surface area contributed by atoms with E-state index in [0.29, 0.717) is 0 Å². The summed E-state index contributed by atoms with van der Waals surface area (Å²) >= 11 is 0. The normalized spacial score (nSPS) is 10.3. The highest BCUT2D eigenvalue weighted by Gasteiger charge is 2.02. The molecule has 0 saturated carbocycles. The molecule has 0 fully saturated rings. The van der Waals surface area contributed by atoms with Gasteiger partial charge in [0.2, 0.25) is 0 Å². The Kier molecular flexibility index (Phi) is 2.16. The van der Waals surface area contributed by atoms with Gasteiger partial charge in [0.1, 0.15) is 11.3 Å². The monoisotopic (exact) mass is 217 g/mol. The number of benzene rings is 1. The molecule has 1 radical (unpaired) electrons. The second-order valence-corrected chi connectivity index (χ2v) is 3.72. The predicted molar refractivity (Wildman–Crippen MR) is 67.4 cm³/mol. The molecule has 2 heterocycles. The van der Waals surface area contributed by atoms with Crippen LogP contribution in [0.3, 0.4) is 0 Å². The fourth-order valence-corrected chi connectivity index (χ4v) is 1.84. The Labute approximate surface area is 99.6 Å².